The van der Waals surface area contributed by atoms with Crippen molar-refractivity contribution in [3.8, 4) is 5.88 Å². The molecule has 28 heavy (non-hydrogen) atoms. The van der Waals surface area contributed by atoms with Gasteiger partial charge < -0.3 is 14.7 Å². The molecule has 2 N–H and O–H groups in total. The zero-order valence-corrected chi connectivity index (χ0v) is 16.9. The summed E-state index contributed by atoms with van der Waals surface area (Å²) in [5.74, 6) is 0.0384. The van der Waals surface area contributed by atoms with E-state index in [1.165, 1.54) is 32.6 Å². The average molecular weight is 402 g/mol. The molecule has 4 rings (SSSR count). The van der Waals surface area contributed by atoms with Crippen LogP contribution in [0.2, 0.25) is 0 Å². The topological polar surface area (TPSA) is 81.2 Å². The molecule has 1 aliphatic heterocycles. The molecule has 3 heterocycles. The molecule has 8 heteroatoms. The molecule has 0 spiro atoms. The molecule has 1 fully saturated rings. The number of aromatic hydroxyl groups is 1. The van der Waals surface area contributed by atoms with Crippen LogP contribution in [0.5, 0.6) is 5.88 Å². The van der Waals surface area contributed by atoms with Crippen LogP contribution in [-0.2, 0) is 9.53 Å². The van der Waals surface area contributed by atoms with Gasteiger partial charge in [0.15, 0.2) is 6.04 Å². The number of likely N-dealkylation sites (tertiary alicyclic amines) is 1. The van der Waals surface area contributed by atoms with Crippen LogP contribution in [0.3, 0.4) is 0 Å². The summed E-state index contributed by atoms with van der Waals surface area (Å²) in [6.07, 6.45) is 3.03. The highest BCUT2D eigenvalue weighted by atomic mass is 32.1. The van der Waals surface area contributed by atoms with Crippen molar-refractivity contribution in [3.05, 3.63) is 46.6 Å². The third kappa shape index (κ3) is 3.49. The van der Waals surface area contributed by atoms with Gasteiger partial charge in [-0.2, -0.15) is 9.61 Å². The Balaban J connectivity index is 1.64. The summed E-state index contributed by atoms with van der Waals surface area (Å²) in [6.45, 7) is 6.02. The zero-order valence-electron chi connectivity index (χ0n) is 16.1. The molecule has 7 nitrogen and oxygen atoms in total. The molecule has 0 radical (unpaired) electrons. The smallest absolute Gasteiger partial charge is 0.309 e. The normalized spacial score (nSPS) is 20.9. The number of esters is 1. The third-order valence-electron chi connectivity index (χ3n) is 5.47. The van der Waals surface area contributed by atoms with Crippen molar-refractivity contribution in [2.24, 2.45) is 5.92 Å². The minimum atomic E-state index is -0.0879. The second-order valence-corrected chi connectivity index (χ2v) is 8.28. The standard InChI is InChI=1S/C20H24N4O3S/c1-3-27-19(26)15-8-10-23(11-9-15)16(14-6-4-13(2)5-7-14)17-18(25)24-20(28-17)21-12-22-24/h4-7,12,15-16,25H,3,8-11H2,1-2H3/p+1/t16-/m0/s1. The van der Waals surface area contributed by atoms with Gasteiger partial charge in [-0.05, 0) is 13.8 Å². The summed E-state index contributed by atoms with van der Waals surface area (Å²) in [5.41, 5.74) is 2.35. The lowest BCUT2D eigenvalue weighted by Gasteiger charge is -2.33. The Morgan fingerprint density at radius 1 is 1.36 bits per heavy atom. The van der Waals surface area contributed by atoms with E-state index in [1.807, 2.05) is 6.92 Å². The van der Waals surface area contributed by atoms with Crippen molar-refractivity contribution in [1.82, 2.24) is 14.6 Å². The molecule has 0 saturated carbocycles. The van der Waals surface area contributed by atoms with Crippen molar-refractivity contribution in [2.75, 3.05) is 19.7 Å². The first-order valence-corrected chi connectivity index (χ1v) is 10.5. The van der Waals surface area contributed by atoms with E-state index < -0.39 is 0 Å². The van der Waals surface area contributed by atoms with E-state index in [0.717, 1.165) is 36.4 Å². The molecular formula is C20H25N4O3S+. The number of aromatic nitrogens is 3. The van der Waals surface area contributed by atoms with Crippen molar-refractivity contribution < 1.29 is 19.5 Å². The molecule has 0 amide bonds. The number of hydrogen-bond donors (Lipinski definition) is 2. The quantitative estimate of drug-likeness (QED) is 0.637. The van der Waals surface area contributed by atoms with Gasteiger partial charge in [-0.3, -0.25) is 4.79 Å². The molecule has 1 atom stereocenters. The van der Waals surface area contributed by atoms with Gasteiger partial charge in [-0.25, -0.2) is 4.98 Å². The van der Waals surface area contributed by atoms with Crippen LogP contribution in [0.4, 0.5) is 0 Å². The van der Waals surface area contributed by atoms with Gasteiger partial charge in [-0.1, -0.05) is 41.2 Å². The SMILES string of the molecule is CCOC(=O)C1CC[NH+]([C@@H](c2ccc(C)cc2)c2sc3ncnn3c2O)CC1. The van der Waals surface area contributed by atoms with Crippen LogP contribution in [0, 0.1) is 12.8 Å². The molecule has 2 aromatic heterocycles. The van der Waals surface area contributed by atoms with Gasteiger partial charge >= 0.3 is 5.97 Å². The van der Waals surface area contributed by atoms with Gasteiger partial charge in [-0.15, -0.1) is 0 Å². The fraction of sp³-hybridized carbons (Fsp3) is 0.450. The van der Waals surface area contributed by atoms with E-state index in [4.69, 9.17) is 4.74 Å². The Labute approximate surface area is 167 Å². The van der Waals surface area contributed by atoms with Crippen LogP contribution in [0.25, 0.3) is 4.96 Å². The van der Waals surface area contributed by atoms with Crippen molar-refractivity contribution in [1.29, 1.82) is 0 Å². The van der Waals surface area contributed by atoms with Crippen molar-refractivity contribution in [3.63, 3.8) is 0 Å². The molecule has 3 aromatic rings. The summed E-state index contributed by atoms with van der Waals surface area (Å²) < 4.78 is 6.69. The zero-order chi connectivity index (χ0) is 19.7. The Bertz CT molecular complexity index is 958. The maximum absolute atomic E-state index is 12.1. The van der Waals surface area contributed by atoms with Crippen LogP contribution in [0.15, 0.2) is 30.6 Å². The van der Waals surface area contributed by atoms with Gasteiger partial charge in [0.25, 0.3) is 0 Å². The second kappa shape index (κ2) is 7.89. The number of thiazole rings is 1. The number of hydrogen-bond acceptors (Lipinski definition) is 6. The van der Waals surface area contributed by atoms with Crippen LogP contribution < -0.4 is 4.90 Å². The fourth-order valence-electron chi connectivity index (χ4n) is 3.99. The number of quaternary nitrogens is 1. The molecule has 0 bridgehead atoms. The molecule has 1 aromatic carbocycles. The molecule has 1 saturated heterocycles. The lowest BCUT2D eigenvalue weighted by molar-refractivity contribution is -0.930. The van der Waals surface area contributed by atoms with E-state index in [9.17, 15) is 9.90 Å². The number of fused-ring (bicyclic) bond motifs is 1. The van der Waals surface area contributed by atoms with Crippen LogP contribution >= 0.6 is 11.3 Å². The maximum Gasteiger partial charge on any atom is 0.309 e. The number of benzene rings is 1. The molecule has 148 valence electrons. The Morgan fingerprint density at radius 3 is 2.71 bits per heavy atom. The number of nitrogens with zero attached hydrogens (tertiary/aromatic N) is 3. The Hall–Kier alpha value is -2.45. The summed E-state index contributed by atoms with van der Waals surface area (Å²) in [4.78, 5) is 19.2. The van der Waals surface area contributed by atoms with E-state index in [0.29, 0.717) is 11.6 Å². The monoisotopic (exact) mass is 401 g/mol. The number of carbonyl (C=O) groups excluding carboxylic acids is 1. The molecular weight excluding hydrogens is 376 g/mol. The first-order valence-electron chi connectivity index (χ1n) is 9.67. The average Bonchev–Trinajstić information content (AvgIpc) is 3.28. The predicted molar refractivity (Wildman–Crippen MR) is 106 cm³/mol. The molecule has 0 unspecified atom stereocenters. The van der Waals surface area contributed by atoms with Crippen molar-refractivity contribution >= 4 is 22.3 Å². The molecule has 0 aliphatic carbocycles. The summed E-state index contributed by atoms with van der Waals surface area (Å²) in [6, 6.07) is 8.43. The highest BCUT2D eigenvalue weighted by Gasteiger charge is 2.37. The molecule has 1 aliphatic rings. The number of piperidine rings is 1. The number of nitrogens with one attached hydrogen (secondary N) is 1. The maximum atomic E-state index is 12.1. The lowest BCUT2D eigenvalue weighted by Crippen LogP contribution is -3.13. The minimum Gasteiger partial charge on any atom is -0.492 e. The van der Waals surface area contributed by atoms with E-state index in [-0.39, 0.29) is 23.8 Å². The number of rotatable bonds is 5. The fourth-order valence-corrected chi connectivity index (χ4v) is 5.10. The van der Waals surface area contributed by atoms with Gasteiger partial charge in [0.05, 0.1) is 25.6 Å². The Morgan fingerprint density at radius 2 is 2.07 bits per heavy atom. The third-order valence-corrected chi connectivity index (χ3v) is 6.57. The second-order valence-electron chi connectivity index (χ2n) is 7.27. The van der Waals surface area contributed by atoms with Gasteiger partial charge in [0.1, 0.15) is 11.2 Å². The van der Waals surface area contributed by atoms with Crippen molar-refractivity contribution in [2.45, 2.75) is 32.7 Å². The summed E-state index contributed by atoms with van der Waals surface area (Å²) in [5, 5.41) is 14.9. The summed E-state index contributed by atoms with van der Waals surface area (Å²) >= 11 is 1.47. The minimum absolute atomic E-state index is 0.0164. The highest BCUT2D eigenvalue weighted by molar-refractivity contribution is 7.17. The van der Waals surface area contributed by atoms with E-state index in [2.05, 4.69) is 41.3 Å². The highest BCUT2D eigenvalue weighted by Crippen LogP contribution is 2.35. The summed E-state index contributed by atoms with van der Waals surface area (Å²) in [7, 11) is 0. The van der Waals surface area contributed by atoms with Gasteiger partial charge in [0.2, 0.25) is 10.8 Å². The number of ether oxygens (including phenoxy) is 1. The van der Waals surface area contributed by atoms with Gasteiger partial charge in [0, 0.05) is 18.4 Å². The lowest BCUT2D eigenvalue weighted by atomic mass is 9.93. The van der Waals surface area contributed by atoms with E-state index >= 15 is 0 Å². The Kier molecular flexibility index (Phi) is 5.32. The van der Waals surface area contributed by atoms with E-state index in [1.54, 1.807) is 0 Å². The van der Waals surface area contributed by atoms with Crippen LogP contribution in [0.1, 0.15) is 41.8 Å². The first kappa shape index (κ1) is 18.9. The van der Waals surface area contributed by atoms with Crippen LogP contribution in [-0.4, -0.2) is 45.4 Å². The largest absolute Gasteiger partial charge is 0.492 e. The predicted octanol–water partition coefficient (Wildman–Crippen LogP) is 1.75. The number of aryl methyl sites for hydroxylation is 1. The first-order chi connectivity index (χ1) is 13.6. The number of carbonyl (C=O) groups is 1.